The predicted molar refractivity (Wildman–Crippen MR) is 143 cm³/mol. The number of rotatable bonds is 6. The molecule has 5 rings (SSSR count). The first-order chi connectivity index (χ1) is 16.2. The fourth-order valence-electron chi connectivity index (χ4n) is 4.13. The molecule has 0 amide bonds. The fraction of sp³-hybridized carbons (Fsp3) is 0.200. The largest absolute Gasteiger partial charge is 0.456 e. The van der Waals surface area contributed by atoms with E-state index in [9.17, 15) is 5.11 Å². The first kappa shape index (κ1) is 22.5. The Kier molecular flexibility index (Phi) is 5.59. The van der Waals surface area contributed by atoms with Gasteiger partial charge in [0.2, 0.25) is 0 Å². The van der Waals surface area contributed by atoms with E-state index in [0.717, 1.165) is 33.0 Å². The molecule has 170 valence electrons. The van der Waals surface area contributed by atoms with Crippen molar-refractivity contribution in [3.8, 4) is 22.3 Å². The first-order valence-corrected chi connectivity index (χ1v) is 11.7. The summed E-state index contributed by atoms with van der Waals surface area (Å²) in [5.41, 5.74) is 5.90. The van der Waals surface area contributed by atoms with Gasteiger partial charge in [0, 0.05) is 10.8 Å². The van der Waals surface area contributed by atoms with E-state index in [1.165, 1.54) is 16.7 Å². The maximum atomic E-state index is 10.4. The summed E-state index contributed by atoms with van der Waals surface area (Å²) in [6.07, 6.45) is 0. The minimum absolute atomic E-state index is 0.413. The van der Waals surface area contributed by atoms with Crippen molar-refractivity contribution in [3.63, 3.8) is 0 Å². The lowest BCUT2D eigenvalue weighted by Crippen LogP contribution is -2.49. The molecule has 0 aliphatic heterocycles. The normalized spacial score (nSPS) is 12.4. The third-order valence-electron chi connectivity index (χ3n) is 6.93. The fourth-order valence-corrected chi connectivity index (χ4v) is 4.13. The highest BCUT2D eigenvalue weighted by Crippen LogP contribution is 2.36. The van der Waals surface area contributed by atoms with Crippen LogP contribution >= 0.6 is 0 Å². The van der Waals surface area contributed by atoms with Gasteiger partial charge in [-0.3, -0.25) is 0 Å². The number of hydrogen-bond acceptors (Lipinski definition) is 3. The minimum Gasteiger partial charge on any atom is -0.456 e. The van der Waals surface area contributed by atoms with Gasteiger partial charge in [0.1, 0.15) is 11.2 Å². The van der Waals surface area contributed by atoms with E-state index < -0.39 is 11.2 Å². The molecule has 0 fully saturated rings. The summed E-state index contributed by atoms with van der Waals surface area (Å²) in [7, 11) is 0.413. The molecule has 3 nitrogen and oxygen atoms in total. The highest BCUT2D eigenvalue weighted by atomic mass is 16.5. The highest BCUT2D eigenvalue weighted by Gasteiger charge is 2.35. The van der Waals surface area contributed by atoms with Crippen LogP contribution in [0.15, 0.2) is 95.4 Å². The Bertz CT molecular complexity index is 1460. The molecule has 0 spiro atoms. The zero-order chi connectivity index (χ0) is 23.9. The monoisotopic (exact) mass is 448 g/mol. The van der Waals surface area contributed by atoms with Crippen LogP contribution in [0.5, 0.6) is 0 Å². The van der Waals surface area contributed by atoms with E-state index in [1.54, 1.807) is 13.8 Å². The second-order valence-electron chi connectivity index (χ2n) is 9.91. The molecule has 0 aliphatic rings. The average Bonchev–Trinajstić information content (AvgIpc) is 3.20. The molecule has 0 radical (unpaired) electrons. The molecule has 4 heteroatoms. The van der Waals surface area contributed by atoms with Gasteiger partial charge in [-0.1, -0.05) is 78.3 Å². The van der Waals surface area contributed by atoms with Crippen LogP contribution in [0.2, 0.25) is 0 Å². The molecule has 1 N–H and O–H groups in total. The number of fused-ring (bicyclic) bond motifs is 3. The van der Waals surface area contributed by atoms with E-state index in [4.69, 9.17) is 9.07 Å². The Balaban J connectivity index is 1.55. The van der Waals surface area contributed by atoms with Crippen LogP contribution < -0.4 is 5.46 Å². The van der Waals surface area contributed by atoms with Crippen molar-refractivity contribution >= 4 is 34.9 Å². The Labute approximate surface area is 201 Å². The zero-order valence-corrected chi connectivity index (χ0v) is 20.1. The Hall–Kier alpha value is -3.34. The van der Waals surface area contributed by atoms with Gasteiger partial charge in [-0.05, 0) is 68.1 Å². The molecular formula is C30H29BO3. The molecule has 1 heterocycles. The molecule has 5 aromatic rings. The topological polar surface area (TPSA) is 42.6 Å². The third-order valence-corrected chi connectivity index (χ3v) is 6.93. The summed E-state index contributed by atoms with van der Waals surface area (Å²) >= 11 is 0. The number of hydrogen-bond donors (Lipinski definition) is 1. The maximum Gasteiger partial charge on any atom is 0.309 e. The lowest BCUT2D eigenvalue weighted by molar-refractivity contribution is -0.0893. The summed E-state index contributed by atoms with van der Waals surface area (Å²) in [4.78, 5) is 0. The molecule has 0 saturated carbocycles. The van der Waals surface area contributed by atoms with Gasteiger partial charge in [-0.2, -0.15) is 0 Å². The van der Waals surface area contributed by atoms with Crippen LogP contribution in [-0.2, 0) is 4.65 Å². The molecule has 0 bridgehead atoms. The highest BCUT2D eigenvalue weighted by molar-refractivity contribution is 6.47. The first-order valence-electron chi connectivity index (χ1n) is 11.7. The average molecular weight is 448 g/mol. The molecule has 1 aromatic heterocycles. The predicted octanol–water partition coefficient (Wildman–Crippen LogP) is 6.46. The van der Waals surface area contributed by atoms with Crippen LogP contribution in [0, 0.1) is 0 Å². The van der Waals surface area contributed by atoms with Gasteiger partial charge in [0.15, 0.2) is 0 Å². The van der Waals surface area contributed by atoms with Gasteiger partial charge < -0.3 is 14.2 Å². The summed E-state index contributed by atoms with van der Waals surface area (Å²) in [5.74, 6) is 0. The Morgan fingerprint density at radius 3 is 1.94 bits per heavy atom. The van der Waals surface area contributed by atoms with Crippen LogP contribution in [0.1, 0.15) is 27.7 Å². The smallest absolute Gasteiger partial charge is 0.309 e. The lowest BCUT2D eigenvalue weighted by atomic mass is 9.82. The van der Waals surface area contributed by atoms with E-state index in [-0.39, 0.29) is 0 Å². The molecule has 0 saturated heterocycles. The van der Waals surface area contributed by atoms with Crippen molar-refractivity contribution in [2.75, 3.05) is 0 Å². The van der Waals surface area contributed by atoms with Crippen molar-refractivity contribution in [1.82, 2.24) is 0 Å². The Morgan fingerprint density at radius 1 is 0.676 bits per heavy atom. The summed E-state index contributed by atoms with van der Waals surface area (Å²) in [5, 5.41) is 12.6. The van der Waals surface area contributed by atoms with Gasteiger partial charge in [-0.15, -0.1) is 0 Å². The summed E-state index contributed by atoms with van der Waals surface area (Å²) in [6.45, 7) is 7.37. The number of benzene rings is 4. The molecule has 0 unspecified atom stereocenters. The van der Waals surface area contributed by atoms with E-state index in [1.807, 2.05) is 32.0 Å². The van der Waals surface area contributed by atoms with Crippen molar-refractivity contribution in [2.45, 2.75) is 38.9 Å². The third kappa shape index (κ3) is 4.15. The van der Waals surface area contributed by atoms with Gasteiger partial charge in [-0.25, -0.2) is 0 Å². The molecule has 4 aromatic carbocycles. The molecule has 0 aliphatic carbocycles. The van der Waals surface area contributed by atoms with E-state index in [2.05, 4.69) is 72.8 Å². The van der Waals surface area contributed by atoms with Crippen molar-refractivity contribution in [1.29, 1.82) is 0 Å². The quantitative estimate of drug-likeness (QED) is 0.303. The maximum absolute atomic E-state index is 10.4. The van der Waals surface area contributed by atoms with E-state index >= 15 is 0 Å². The number of aliphatic hydroxyl groups is 1. The molecule has 34 heavy (non-hydrogen) atoms. The molecule has 0 atom stereocenters. The second-order valence-corrected chi connectivity index (χ2v) is 9.91. The summed E-state index contributed by atoms with van der Waals surface area (Å²) < 4.78 is 12.2. The van der Waals surface area contributed by atoms with Crippen LogP contribution in [0.25, 0.3) is 44.2 Å². The Morgan fingerprint density at radius 2 is 1.26 bits per heavy atom. The molecular weight excluding hydrogens is 419 g/mol. The van der Waals surface area contributed by atoms with Gasteiger partial charge in [0.25, 0.3) is 0 Å². The zero-order valence-electron chi connectivity index (χ0n) is 20.1. The lowest BCUT2D eigenvalue weighted by Gasteiger charge is -2.37. The van der Waals surface area contributed by atoms with E-state index in [0.29, 0.717) is 7.48 Å². The van der Waals surface area contributed by atoms with Gasteiger partial charge in [0.05, 0.1) is 11.2 Å². The minimum atomic E-state index is -0.944. The SMILES string of the molecule is CC(C)(O)C(C)(C)OBc1ccc2oc3ccc(-c4ccccc4-c4ccccc4)cc3c2c1. The van der Waals surface area contributed by atoms with Crippen molar-refractivity contribution in [3.05, 3.63) is 91.0 Å². The van der Waals surface area contributed by atoms with Gasteiger partial charge >= 0.3 is 7.48 Å². The standard InChI is InChI=1S/C30H29BO3/c1-29(2,32)30(3,4)34-31-22-15-17-28-26(19-22)25-18-21(14-16-27(25)33-28)24-13-9-8-12-23(24)20-10-6-5-7-11-20/h5-19,31-32H,1-4H3. The van der Waals surface area contributed by atoms with Crippen molar-refractivity contribution < 1.29 is 14.2 Å². The van der Waals surface area contributed by atoms with Crippen molar-refractivity contribution in [2.24, 2.45) is 0 Å². The van der Waals surface area contributed by atoms with Crippen LogP contribution in [0.4, 0.5) is 0 Å². The van der Waals surface area contributed by atoms with Crippen LogP contribution in [0.3, 0.4) is 0 Å². The van der Waals surface area contributed by atoms with Crippen LogP contribution in [-0.4, -0.2) is 23.8 Å². The second kappa shape index (κ2) is 8.46. The summed E-state index contributed by atoms with van der Waals surface area (Å²) in [6, 6.07) is 31.5. The number of furan rings is 1.